The van der Waals surface area contributed by atoms with E-state index in [1.54, 1.807) is 30.7 Å². The molecule has 0 unspecified atom stereocenters. The second-order valence-corrected chi connectivity index (χ2v) is 6.28. The van der Waals surface area contributed by atoms with Gasteiger partial charge < -0.3 is 14.6 Å². The molecule has 0 saturated carbocycles. The summed E-state index contributed by atoms with van der Waals surface area (Å²) in [4.78, 5) is 16.4. The van der Waals surface area contributed by atoms with Gasteiger partial charge in [-0.15, -0.1) is 0 Å². The predicted octanol–water partition coefficient (Wildman–Crippen LogP) is 2.61. The van der Waals surface area contributed by atoms with Gasteiger partial charge in [0.05, 0.1) is 11.9 Å². The van der Waals surface area contributed by atoms with Crippen LogP contribution in [0, 0.1) is 5.92 Å². The van der Waals surface area contributed by atoms with Crippen LogP contribution in [0.4, 0.5) is 5.69 Å². The predicted molar refractivity (Wildman–Crippen MR) is 93.5 cm³/mol. The second kappa shape index (κ2) is 7.49. The van der Waals surface area contributed by atoms with Crippen molar-refractivity contribution in [1.29, 1.82) is 0 Å². The van der Waals surface area contributed by atoms with Gasteiger partial charge in [-0.3, -0.25) is 14.5 Å². The molecule has 0 bridgehead atoms. The minimum atomic E-state index is -0.338. The number of carbonyl (C=O) groups excluding carboxylic acids is 1. The molecular weight excluding hydrogens is 334 g/mol. The maximum Gasteiger partial charge on any atom is 0.277 e. The van der Waals surface area contributed by atoms with Gasteiger partial charge in [-0.05, 0) is 30.9 Å². The number of carbonyl (C=O) groups is 1. The van der Waals surface area contributed by atoms with E-state index in [1.165, 1.54) is 0 Å². The summed E-state index contributed by atoms with van der Waals surface area (Å²) in [7, 11) is 0. The van der Waals surface area contributed by atoms with Crippen LogP contribution < -0.4 is 5.32 Å². The van der Waals surface area contributed by atoms with E-state index in [2.05, 4.69) is 20.6 Å². The molecule has 3 aromatic rings. The molecule has 1 fully saturated rings. The van der Waals surface area contributed by atoms with Crippen molar-refractivity contribution in [2.45, 2.75) is 19.4 Å². The second-order valence-electron chi connectivity index (χ2n) is 6.28. The summed E-state index contributed by atoms with van der Waals surface area (Å²) >= 11 is 0. The number of hydrogen-bond donors (Lipinski definition) is 1. The van der Waals surface area contributed by atoms with Gasteiger partial charge in [0.1, 0.15) is 0 Å². The van der Waals surface area contributed by atoms with E-state index in [0.717, 1.165) is 38.2 Å². The van der Waals surface area contributed by atoms with E-state index in [-0.39, 0.29) is 11.6 Å². The summed E-state index contributed by atoms with van der Waals surface area (Å²) in [5, 5.41) is 10.9. The van der Waals surface area contributed by atoms with E-state index in [1.807, 2.05) is 16.9 Å². The summed E-state index contributed by atoms with van der Waals surface area (Å²) in [6.45, 7) is 2.44. The molecule has 1 saturated heterocycles. The molecule has 8 nitrogen and oxygen atoms in total. The molecule has 0 spiro atoms. The number of hydrogen-bond acceptors (Lipinski definition) is 6. The zero-order valence-corrected chi connectivity index (χ0v) is 14.2. The van der Waals surface area contributed by atoms with Crippen molar-refractivity contribution in [3.8, 4) is 11.3 Å². The first-order valence-corrected chi connectivity index (χ1v) is 8.56. The fourth-order valence-electron chi connectivity index (χ4n) is 2.94. The lowest BCUT2D eigenvalue weighted by Gasteiger charge is -2.21. The van der Waals surface area contributed by atoms with Gasteiger partial charge in [0.2, 0.25) is 0 Å². The molecule has 1 aliphatic heterocycles. The highest BCUT2D eigenvalue weighted by Crippen LogP contribution is 2.20. The van der Waals surface area contributed by atoms with Crippen LogP contribution in [-0.2, 0) is 11.3 Å². The number of nitrogens with one attached hydrogen (secondary N) is 1. The SMILES string of the molecule is O=C(Nc1cnn(CC2CCOCC2)c1)c1cc(-c2cccnc2)on1. The summed E-state index contributed by atoms with van der Waals surface area (Å²) < 4.78 is 12.5. The molecule has 0 radical (unpaired) electrons. The van der Waals surface area contributed by atoms with Crippen LogP contribution in [0.1, 0.15) is 23.3 Å². The first-order valence-electron chi connectivity index (χ1n) is 8.56. The smallest absolute Gasteiger partial charge is 0.277 e. The van der Waals surface area contributed by atoms with Gasteiger partial charge >= 0.3 is 0 Å². The van der Waals surface area contributed by atoms with E-state index in [0.29, 0.717) is 17.4 Å². The Morgan fingerprint density at radius 3 is 3.00 bits per heavy atom. The summed E-state index contributed by atoms with van der Waals surface area (Å²) in [6, 6.07) is 5.23. The average molecular weight is 353 g/mol. The van der Waals surface area contributed by atoms with Crippen molar-refractivity contribution >= 4 is 11.6 Å². The van der Waals surface area contributed by atoms with Crippen LogP contribution in [0.25, 0.3) is 11.3 Å². The molecule has 0 aliphatic carbocycles. The Balaban J connectivity index is 1.38. The summed E-state index contributed by atoms with van der Waals surface area (Å²) in [6.07, 6.45) is 8.87. The summed E-state index contributed by atoms with van der Waals surface area (Å²) in [5.41, 5.74) is 1.61. The van der Waals surface area contributed by atoms with Gasteiger partial charge in [-0.25, -0.2) is 0 Å². The first kappa shape index (κ1) is 16.5. The lowest BCUT2D eigenvalue weighted by Crippen LogP contribution is -2.20. The lowest BCUT2D eigenvalue weighted by atomic mass is 10.0. The fourth-order valence-corrected chi connectivity index (χ4v) is 2.94. The summed E-state index contributed by atoms with van der Waals surface area (Å²) in [5.74, 6) is 0.720. The quantitative estimate of drug-likeness (QED) is 0.757. The first-order chi connectivity index (χ1) is 12.8. The van der Waals surface area contributed by atoms with E-state index < -0.39 is 0 Å². The fraction of sp³-hybridized carbons (Fsp3) is 0.333. The zero-order chi connectivity index (χ0) is 17.8. The van der Waals surface area contributed by atoms with Gasteiger partial charge in [0.15, 0.2) is 11.5 Å². The molecule has 0 aromatic carbocycles. The normalized spacial score (nSPS) is 15.1. The van der Waals surface area contributed by atoms with Crippen LogP contribution in [0.5, 0.6) is 0 Å². The molecule has 4 heterocycles. The molecular formula is C18H19N5O3. The average Bonchev–Trinajstić information content (AvgIpc) is 3.33. The van der Waals surface area contributed by atoms with Crippen molar-refractivity contribution in [3.63, 3.8) is 0 Å². The number of ether oxygens (including phenoxy) is 1. The number of aromatic nitrogens is 4. The molecule has 0 atom stereocenters. The van der Waals surface area contributed by atoms with E-state index >= 15 is 0 Å². The van der Waals surface area contributed by atoms with Crippen LogP contribution in [0.2, 0.25) is 0 Å². The Bertz CT molecular complexity index is 868. The third kappa shape index (κ3) is 3.80. The van der Waals surface area contributed by atoms with Crippen LogP contribution in [0.3, 0.4) is 0 Å². The Kier molecular flexibility index (Phi) is 4.74. The third-order valence-corrected chi connectivity index (χ3v) is 4.37. The van der Waals surface area contributed by atoms with E-state index in [9.17, 15) is 4.79 Å². The Morgan fingerprint density at radius 1 is 1.31 bits per heavy atom. The largest absolute Gasteiger partial charge is 0.381 e. The maximum absolute atomic E-state index is 12.4. The third-order valence-electron chi connectivity index (χ3n) is 4.37. The lowest BCUT2D eigenvalue weighted by molar-refractivity contribution is 0.0601. The Morgan fingerprint density at radius 2 is 2.19 bits per heavy atom. The van der Waals surface area contributed by atoms with Gasteiger partial charge in [0.25, 0.3) is 5.91 Å². The van der Waals surface area contributed by atoms with Crippen molar-refractivity contribution in [3.05, 3.63) is 48.7 Å². The van der Waals surface area contributed by atoms with Crippen LogP contribution >= 0.6 is 0 Å². The number of amides is 1. The van der Waals surface area contributed by atoms with Crippen LogP contribution in [0.15, 0.2) is 47.5 Å². The van der Waals surface area contributed by atoms with Crippen LogP contribution in [-0.4, -0.2) is 39.0 Å². The molecule has 26 heavy (non-hydrogen) atoms. The highest BCUT2D eigenvalue weighted by molar-refractivity contribution is 6.03. The maximum atomic E-state index is 12.4. The Hall–Kier alpha value is -3.00. The van der Waals surface area contributed by atoms with E-state index in [4.69, 9.17) is 9.26 Å². The minimum Gasteiger partial charge on any atom is -0.381 e. The van der Waals surface area contributed by atoms with Gasteiger partial charge in [-0.2, -0.15) is 5.10 Å². The number of pyridine rings is 1. The Labute approximate surface area is 150 Å². The molecule has 3 aromatic heterocycles. The molecule has 134 valence electrons. The minimum absolute atomic E-state index is 0.209. The van der Waals surface area contributed by atoms with Gasteiger partial charge in [-0.1, -0.05) is 5.16 Å². The molecule has 8 heteroatoms. The van der Waals surface area contributed by atoms with Crippen molar-refractivity contribution in [2.75, 3.05) is 18.5 Å². The van der Waals surface area contributed by atoms with Crippen molar-refractivity contribution in [2.24, 2.45) is 5.92 Å². The molecule has 1 aliphatic rings. The van der Waals surface area contributed by atoms with Gasteiger partial charge in [0, 0.05) is 50.0 Å². The highest BCUT2D eigenvalue weighted by Gasteiger charge is 2.17. The number of nitrogens with zero attached hydrogens (tertiary/aromatic N) is 4. The standard InChI is InChI=1S/C18H19N5O3/c24-18(16-8-17(26-22-16)14-2-1-5-19-9-14)21-15-10-20-23(12-15)11-13-3-6-25-7-4-13/h1-2,5,8-10,12-13H,3-4,6-7,11H2,(H,21,24). The zero-order valence-electron chi connectivity index (χ0n) is 14.2. The number of rotatable bonds is 5. The monoisotopic (exact) mass is 353 g/mol. The molecule has 1 N–H and O–H groups in total. The van der Waals surface area contributed by atoms with Crippen molar-refractivity contribution < 1.29 is 14.1 Å². The van der Waals surface area contributed by atoms with Crippen molar-refractivity contribution in [1.82, 2.24) is 19.9 Å². The topological polar surface area (TPSA) is 95.1 Å². The molecule has 4 rings (SSSR count). The highest BCUT2D eigenvalue weighted by atomic mass is 16.5. The number of anilines is 1. The molecule has 1 amide bonds.